The van der Waals surface area contributed by atoms with Crippen LogP contribution in [0.1, 0.15) is 0 Å². The van der Waals surface area contributed by atoms with Crippen LogP contribution in [0.5, 0.6) is 0 Å². The Hall–Kier alpha value is -2.02. The van der Waals surface area contributed by atoms with Crippen molar-refractivity contribution in [2.24, 2.45) is 4.99 Å². The molecule has 3 nitrogen and oxygen atoms in total. The molecule has 0 saturated heterocycles. The van der Waals surface area contributed by atoms with Gasteiger partial charge in [-0.25, -0.2) is 9.98 Å². The number of allylic oxidation sites excluding steroid dienone is 3. The summed E-state index contributed by atoms with van der Waals surface area (Å²) in [7, 11) is 0.758. The highest BCUT2D eigenvalue weighted by Gasteiger charge is 2.42. The van der Waals surface area contributed by atoms with Crippen LogP contribution >= 0.6 is 0 Å². The Kier molecular flexibility index (Phi) is 4.21. The van der Waals surface area contributed by atoms with Crippen molar-refractivity contribution in [3.05, 3.63) is 23.9 Å². The zero-order valence-corrected chi connectivity index (χ0v) is 9.47. The van der Waals surface area contributed by atoms with Crippen molar-refractivity contribution in [3.63, 3.8) is 0 Å². The summed E-state index contributed by atoms with van der Waals surface area (Å²) in [6.07, 6.45) is -6.32. The number of hydrogen-bond acceptors (Lipinski definition) is 2. The first kappa shape index (κ1) is 15.0. The molecular formula is C10H8F6N3+. The summed E-state index contributed by atoms with van der Waals surface area (Å²) in [5, 5.41) is 1.78. The van der Waals surface area contributed by atoms with Crippen LogP contribution in [-0.4, -0.2) is 37.2 Å². The Morgan fingerprint density at radius 1 is 1.21 bits per heavy atom. The number of alkyl halides is 6. The second-order valence-corrected chi connectivity index (χ2v) is 3.31. The van der Waals surface area contributed by atoms with Gasteiger partial charge in [0.15, 0.2) is 6.21 Å². The van der Waals surface area contributed by atoms with Crippen LogP contribution < -0.4 is 9.98 Å². The van der Waals surface area contributed by atoms with E-state index in [1.54, 1.807) is 5.32 Å². The number of hydrogen-bond donors (Lipinski definition) is 1. The van der Waals surface area contributed by atoms with E-state index in [-0.39, 0.29) is 11.9 Å². The molecular weight excluding hydrogens is 276 g/mol. The van der Waals surface area contributed by atoms with Gasteiger partial charge in [-0.05, 0) is 0 Å². The Bertz CT molecular complexity index is 500. The Morgan fingerprint density at radius 2 is 1.84 bits per heavy atom. The van der Waals surface area contributed by atoms with Gasteiger partial charge in [0.05, 0.1) is 6.08 Å². The van der Waals surface area contributed by atoms with Crippen LogP contribution in [0.4, 0.5) is 26.3 Å². The van der Waals surface area contributed by atoms with Crippen LogP contribution in [0.25, 0.3) is 0 Å². The van der Waals surface area contributed by atoms with Gasteiger partial charge >= 0.3 is 18.2 Å². The van der Waals surface area contributed by atoms with E-state index in [4.69, 9.17) is 0 Å². The first-order valence-electron chi connectivity index (χ1n) is 4.82. The molecule has 0 aromatic carbocycles. The zero-order valence-electron chi connectivity index (χ0n) is 9.47. The van der Waals surface area contributed by atoms with Crippen LogP contribution in [0, 0.1) is 0 Å². The molecule has 1 aliphatic heterocycles. The van der Waals surface area contributed by atoms with Gasteiger partial charge in [-0.2, -0.15) is 26.3 Å². The molecule has 1 N–H and O–H groups in total. The Labute approximate surface area is 103 Å². The van der Waals surface area contributed by atoms with Gasteiger partial charge in [-0.1, -0.05) is 0 Å². The van der Waals surface area contributed by atoms with E-state index in [2.05, 4.69) is 9.66 Å². The smallest absolute Gasteiger partial charge is 0.284 e. The predicted octanol–water partition coefficient (Wildman–Crippen LogP) is 1.76. The normalized spacial score (nSPS) is 16.9. The van der Waals surface area contributed by atoms with E-state index in [0.717, 1.165) is 7.05 Å². The van der Waals surface area contributed by atoms with Crippen molar-refractivity contribution in [1.82, 2.24) is 9.98 Å². The fourth-order valence-corrected chi connectivity index (χ4v) is 1.11. The minimum Gasteiger partial charge on any atom is -0.284 e. The Balaban J connectivity index is 3.11. The van der Waals surface area contributed by atoms with E-state index in [0.29, 0.717) is 0 Å². The molecule has 0 spiro atoms. The number of nitrogens with one attached hydrogen (secondary N) is 1. The van der Waals surface area contributed by atoms with Crippen LogP contribution in [0.2, 0.25) is 0 Å². The molecule has 1 aliphatic rings. The van der Waals surface area contributed by atoms with Gasteiger partial charge in [0.1, 0.15) is 5.71 Å². The SMILES string of the molecule is CN=C(/C=C(\NC1=[N+]=CC=C1)C(F)(F)F)C(F)(F)F. The maximum atomic E-state index is 12.6. The highest BCUT2D eigenvalue weighted by Crippen LogP contribution is 2.26. The molecule has 104 valence electrons. The minimum absolute atomic E-state index is 0.103. The molecule has 0 saturated carbocycles. The lowest BCUT2D eigenvalue weighted by Crippen LogP contribution is -2.33. The molecule has 19 heavy (non-hydrogen) atoms. The van der Waals surface area contributed by atoms with Crippen molar-refractivity contribution in [2.45, 2.75) is 12.4 Å². The molecule has 9 heteroatoms. The van der Waals surface area contributed by atoms with Gasteiger partial charge in [-0.3, -0.25) is 4.99 Å². The molecule has 0 fully saturated rings. The summed E-state index contributed by atoms with van der Waals surface area (Å²) >= 11 is 0. The van der Waals surface area contributed by atoms with Crippen molar-refractivity contribution in [1.29, 1.82) is 0 Å². The second-order valence-electron chi connectivity index (χ2n) is 3.31. The van der Waals surface area contributed by atoms with Crippen molar-refractivity contribution in [3.8, 4) is 0 Å². The molecule has 0 radical (unpaired) electrons. The summed E-state index contributed by atoms with van der Waals surface area (Å²) in [6.45, 7) is 0. The van der Waals surface area contributed by atoms with Gasteiger partial charge in [0.25, 0.3) is 0 Å². The van der Waals surface area contributed by atoms with Gasteiger partial charge < -0.3 is 0 Å². The van der Waals surface area contributed by atoms with Crippen molar-refractivity contribution in [2.75, 3.05) is 7.05 Å². The van der Waals surface area contributed by atoms with E-state index in [9.17, 15) is 26.3 Å². The van der Waals surface area contributed by atoms with Crippen LogP contribution in [0.3, 0.4) is 0 Å². The van der Waals surface area contributed by atoms with E-state index < -0.39 is 23.8 Å². The maximum Gasteiger partial charge on any atom is 0.453 e. The first-order chi connectivity index (χ1) is 8.64. The molecule has 0 amide bonds. The van der Waals surface area contributed by atoms with Gasteiger partial charge in [-0.15, -0.1) is 0 Å². The highest BCUT2D eigenvalue weighted by molar-refractivity contribution is 6.04. The molecule has 0 atom stereocenters. The average Bonchev–Trinajstić information content (AvgIpc) is 2.73. The lowest BCUT2D eigenvalue weighted by Gasteiger charge is -2.10. The van der Waals surface area contributed by atoms with E-state index >= 15 is 0 Å². The fourth-order valence-electron chi connectivity index (χ4n) is 1.11. The highest BCUT2D eigenvalue weighted by atomic mass is 19.4. The summed E-state index contributed by atoms with van der Waals surface area (Å²) in [4.78, 5) is 2.80. The molecule has 0 unspecified atom stereocenters. The average molecular weight is 284 g/mol. The third kappa shape index (κ3) is 4.29. The summed E-state index contributed by atoms with van der Waals surface area (Å²) in [5.41, 5.74) is -3.23. The minimum atomic E-state index is -4.99. The quantitative estimate of drug-likeness (QED) is 0.468. The molecule has 1 rings (SSSR count). The third-order valence-electron chi connectivity index (χ3n) is 1.93. The largest absolute Gasteiger partial charge is 0.453 e. The van der Waals surface area contributed by atoms with Gasteiger partial charge in [0.2, 0.25) is 5.70 Å². The topological polar surface area (TPSA) is 38.5 Å². The van der Waals surface area contributed by atoms with Gasteiger partial charge in [0, 0.05) is 19.2 Å². The fraction of sp³-hybridized carbons (Fsp3) is 0.300. The predicted molar refractivity (Wildman–Crippen MR) is 59.0 cm³/mol. The molecule has 0 aromatic heterocycles. The molecule has 0 bridgehead atoms. The monoisotopic (exact) mass is 284 g/mol. The third-order valence-corrected chi connectivity index (χ3v) is 1.93. The van der Waals surface area contributed by atoms with E-state index in [1.165, 1.54) is 18.4 Å². The lowest BCUT2D eigenvalue weighted by molar-refractivity contribution is -0.0950. The lowest BCUT2D eigenvalue weighted by atomic mass is 10.2. The zero-order chi connectivity index (χ0) is 14.7. The standard InChI is InChI=1S/C10H7F6N3/c1-17-6(9(11,12)13)5-7(10(14,15)16)19-8-3-2-4-18-8/h2-5H,1H3/p+1/b7-5-,17-6?. The van der Waals surface area contributed by atoms with Crippen LogP contribution in [-0.2, 0) is 0 Å². The number of rotatable bonds is 2. The summed E-state index contributed by atoms with van der Waals surface area (Å²) in [5.74, 6) is -0.207. The molecule has 0 aliphatic carbocycles. The summed E-state index contributed by atoms with van der Waals surface area (Å²) in [6, 6.07) is 0. The number of halogens is 6. The Morgan fingerprint density at radius 3 is 2.21 bits per heavy atom. The van der Waals surface area contributed by atoms with E-state index in [1.807, 2.05) is 0 Å². The molecule has 1 heterocycles. The maximum absolute atomic E-state index is 12.6. The number of nitrogens with zero attached hydrogens (tertiary/aromatic N) is 2. The van der Waals surface area contributed by atoms with Crippen LogP contribution in [0.15, 0.2) is 28.9 Å². The summed E-state index contributed by atoms with van der Waals surface area (Å²) < 4.78 is 78.4. The van der Waals surface area contributed by atoms with Crippen molar-refractivity contribution < 1.29 is 26.3 Å². The number of amidine groups is 1. The molecule has 0 aromatic rings. The second kappa shape index (κ2) is 5.31. The first-order valence-corrected chi connectivity index (χ1v) is 4.82. The van der Waals surface area contributed by atoms with Crippen molar-refractivity contribution >= 4 is 17.8 Å². The number of aliphatic imine (C=N–C) groups is 1.